The third-order valence-corrected chi connectivity index (χ3v) is 4.59. The van der Waals surface area contributed by atoms with Gasteiger partial charge in [0.1, 0.15) is 5.82 Å². The van der Waals surface area contributed by atoms with Crippen LogP contribution in [0.1, 0.15) is 33.9 Å². The van der Waals surface area contributed by atoms with E-state index in [-0.39, 0.29) is 12.3 Å². The zero-order chi connectivity index (χ0) is 19.2. The Morgan fingerprint density at radius 3 is 2.70 bits per heavy atom. The average molecular weight is 369 g/mol. The Kier molecular flexibility index (Phi) is 6.03. The molecule has 7 heteroatoms. The molecule has 1 aromatic carbocycles. The monoisotopic (exact) mass is 369 g/mol. The van der Waals surface area contributed by atoms with Crippen molar-refractivity contribution in [3.63, 3.8) is 0 Å². The molecule has 0 unspecified atom stereocenters. The maximum absolute atomic E-state index is 12.8. The van der Waals surface area contributed by atoms with Gasteiger partial charge >= 0.3 is 5.97 Å². The van der Waals surface area contributed by atoms with Crippen LogP contribution in [0.2, 0.25) is 0 Å². The number of aryl methyl sites for hydroxylation is 1. The van der Waals surface area contributed by atoms with Gasteiger partial charge in [0.25, 0.3) is 5.91 Å². The quantitative estimate of drug-likeness (QED) is 0.811. The van der Waals surface area contributed by atoms with Crippen LogP contribution >= 0.6 is 0 Å². The predicted octanol–water partition coefficient (Wildman–Crippen LogP) is 2.17. The van der Waals surface area contributed by atoms with Gasteiger partial charge in [0.2, 0.25) is 0 Å². The normalized spacial score (nSPS) is 15.2. The molecule has 1 aliphatic heterocycles. The number of carbonyl (C=O) groups excluding carboxylic acids is 1. The van der Waals surface area contributed by atoms with E-state index in [2.05, 4.69) is 15.2 Å². The van der Waals surface area contributed by atoms with E-state index in [0.717, 1.165) is 30.0 Å². The van der Waals surface area contributed by atoms with Gasteiger partial charge in [-0.2, -0.15) is 0 Å². The number of carboxylic acids is 1. The van der Waals surface area contributed by atoms with E-state index in [1.54, 1.807) is 18.3 Å². The lowest BCUT2D eigenvalue weighted by Crippen LogP contribution is -2.37. The molecule has 0 radical (unpaired) electrons. The van der Waals surface area contributed by atoms with Crippen LogP contribution in [-0.4, -0.2) is 48.3 Å². The molecule has 1 amide bonds. The van der Waals surface area contributed by atoms with E-state index in [1.807, 2.05) is 31.2 Å². The van der Waals surface area contributed by atoms with Crippen molar-refractivity contribution in [1.82, 2.24) is 10.3 Å². The highest BCUT2D eigenvalue weighted by molar-refractivity contribution is 5.95. The Labute approximate surface area is 158 Å². The largest absolute Gasteiger partial charge is 0.481 e. The van der Waals surface area contributed by atoms with Crippen LogP contribution in [0.3, 0.4) is 0 Å². The van der Waals surface area contributed by atoms with Gasteiger partial charge in [-0.25, -0.2) is 4.98 Å². The molecular formula is C20H23N3O4. The number of pyridine rings is 1. The van der Waals surface area contributed by atoms with Crippen molar-refractivity contribution in [1.29, 1.82) is 0 Å². The topological polar surface area (TPSA) is 91.8 Å². The van der Waals surface area contributed by atoms with Gasteiger partial charge in [-0.05, 0) is 30.2 Å². The maximum Gasteiger partial charge on any atom is 0.305 e. The van der Waals surface area contributed by atoms with Crippen molar-refractivity contribution in [2.75, 3.05) is 31.2 Å². The SMILES string of the molecule is Cc1ccccc1[C@H](CC(=O)O)NC(=O)c1ccnc(N2CCOCC2)c1. The third-order valence-electron chi connectivity index (χ3n) is 4.59. The Balaban J connectivity index is 1.79. The molecule has 0 spiro atoms. The van der Waals surface area contributed by atoms with E-state index in [4.69, 9.17) is 4.74 Å². The number of carboxylic acid groups (broad SMARTS) is 1. The van der Waals surface area contributed by atoms with E-state index in [1.165, 1.54) is 0 Å². The van der Waals surface area contributed by atoms with Gasteiger partial charge in [0.05, 0.1) is 25.7 Å². The summed E-state index contributed by atoms with van der Waals surface area (Å²) in [6.07, 6.45) is 1.41. The standard InChI is InChI=1S/C20H23N3O4/c1-14-4-2-3-5-16(14)17(13-19(24)25)22-20(26)15-6-7-21-18(12-15)23-8-10-27-11-9-23/h2-7,12,17H,8-11,13H2,1H3,(H,22,26)(H,24,25)/t17-/m0/s1. The second-order valence-corrected chi connectivity index (χ2v) is 6.48. The molecule has 1 aromatic heterocycles. The minimum Gasteiger partial charge on any atom is -0.481 e. The van der Waals surface area contributed by atoms with Crippen LogP contribution in [-0.2, 0) is 9.53 Å². The third kappa shape index (κ3) is 4.83. The van der Waals surface area contributed by atoms with Crippen molar-refractivity contribution >= 4 is 17.7 Å². The Hall–Kier alpha value is -2.93. The summed E-state index contributed by atoms with van der Waals surface area (Å²) in [5.41, 5.74) is 2.19. The maximum atomic E-state index is 12.8. The van der Waals surface area contributed by atoms with E-state index in [9.17, 15) is 14.7 Å². The molecule has 1 saturated heterocycles. The van der Waals surface area contributed by atoms with E-state index in [0.29, 0.717) is 18.8 Å². The zero-order valence-corrected chi connectivity index (χ0v) is 15.2. The van der Waals surface area contributed by atoms with Gasteiger partial charge in [0, 0.05) is 24.8 Å². The molecule has 1 aliphatic rings. The van der Waals surface area contributed by atoms with Crippen LogP contribution in [0, 0.1) is 6.92 Å². The summed E-state index contributed by atoms with van der Waals surface area (Å²) >= 11 is 0. The number of hydrogen-bond acceptors (Lipinski definition) is 5. The number of morpholine rings is 1. The highest BCUT2D eigenvalue weighted by Crippen LogP contribution is 2.22. The number of nitrogens with one attached hydrogen (secondary N) is 1. The number of benzene rings is 1. The summed E-state index contributed by atoms with van der Waals surface area (Å²) in [5, 5.41) is 12.1. The first-order valence-electron chi connectivity index (χ1n) is 8.91. The zero-order valence-electron chi connectivity index (χ0n) is 15.2. The number of ether oxygens (including phenoxy) is 1. The molecular weight excluding hydrogens is 346 g/mol. The average Bonchev–Trinajstić information content (AvgIpc) is 2.68. The Morgan fingerprint density at radius 1 is 1.26 bits per heavy atom. The number of carbonyl (C=O) groups is 2. The van der Waals surface area contributed by atoms with Gasteiger partial charge in [-0.15, -0.1) is 0 Å². The second kappa shape index (κ2) is 8.64. The van der Waals surface area contributed by atoms with E-state index < -0.39 is 12.0 Å². The molecule has 0 bridgehead atoms. The molecule has 2 heterocycles. The number of anilines is 1. The smallest absolute Gasteiger partial charge is 0.305 e. The van der Waals surface area contributed by atoms with Crippen molar-refractivity contribution < 1.29 is 19.4 Å². The molecule has 142 valence electrons. The van der Waals surface area contributed by atoms with Crippen LogP contribution in [0.25, 0.3) is 0 Å². The molecule has 1 atom stereocenters. The minimum absolute atomic E-state index is 0.183. The first-order chi connectivity index (χ1) is 13.0. The fraction of sp³-hybridized carbons (Fsp3) is 0.350. The van der Waals surface area contributed by atoms with Crippen LogP contribution in [0.5, 0.6) is 0 Å². The highest BCUT2D eigenvalue weighted by Gasteiger charge is 2.21. The van der Waals surface area contributed by atoms with Crippen molar-refractivity contribution in [3.8, 4) is 0 Å². The molecule has 0 saturated carbocycles. The number of nitrogens with zero attached hydrogens (tertiary/aromatic N) is 2. The molecule has 1 fully saturated rings. The number of hydrogen-bond donors (Lipinski definition) is 2. The summed E-state index contributed by atoms with van der Waals surface area (Å²) < 4.78 is 5.34. The summed E-state index contributed by atoms with van der Waals surface area (Å²) in [5.74, 6) is -0.565. The Bertz CT molecular complexity index is 818. The summed E-state index contributed by atoms with van der Waals surface area (Å²) in [6, 6.07) is 10.2. The molecule has 2 aromatic rings. The number of aliphatic carboxylic acids is 1. The molecule has 7 nitrogen and oxygen atoms in total. The van der Waals surface area contributed by atoms with Crippen LogP contribution < -0.4 is 10.2 Å². The summed E-state index contributed by atoms with van der Waals surface area (Å²) in [7, 11) is 0. The number of amides is 1. The van der Waals surface area contributed by atoms with Crippen molar-refractivity contribution in [3.05, 3.63) is 59.3 Å². The lowest BCUT2D eigenvalue weighted by atomic mass is 9.98. The Morgan fingerprint density at radius 2 is 2.00 bits per heavy atom. The lowest BCUT2D eigenvalue weighted by Gasteiger charge is -2.28. The lowest BCUT2D eigenvalue weighted by molar-refractivity contribution is -0.137. The van der Waals surface area contributed by atoms with E-state index >= 15 is 0 Å². The predicted molar refractivity (Wildman–Crippen MR) is 101 cm³/mol. The highest BCUT2D eigenvalue weighted by atomic mass is 16.5. The van der Waals surface area contributed by atoms with Crippen LogP contribution in [0.4, 0.5) is 5.82 Å². The second-order valence-electron chi connectivity index (χ2n) is 6.48. The summed E-state index contributed by atoms with van der Waals surface area (Å²) in [4.78, 5) is 30.5. The van der Waals surface area contributed by atoms with Gasteiger partial charge < -0.3 is 20.1 Å². The summed E-state index contributed by atoms with van der Waals surface area (Å²) in [6.45, 7) is 4.61. The van der Waals surface area contributed by atoms with Crippen molar-refractivity contribution in [2.24, 2.45) is 0 Å². The minimum atomic E-state index is -0.965. The first-order valence-corrected chi connectivity index (χ1v) is 8.91. The van der Waals surface area contributed by atoms with Crippen LogP contribution in [0.15, 0.2) is 42.6 Å². The fourth-order valence-electron chi connectivity index (χ4n) is 3.16. The number of rotatable bonds is 6. The molecule has 2 N–H and O–H groups in total. The van der Waals surface area contributed by atoms with Crippen molar-refractivity contribution in [2.45, 2.75) is 19.4 Å². The van der Waals surface area contributed by atoms with Gasteiger partial charge in [-0.1, -0.05) is 24.3 Å². The number of aromatic nitrogens is 1. The molecule has 27 heavy (non-hydrogen) atoms. The fourth-order valence-corrected chi connectivity index (χ4v) is 3.16. The molecule has 3 rings (SSSR count). The molecule has 0 aliphatic carbocycles. The first kappa shape index (κ1) is 18.8. The van der Waals surface area contributed by atoms with Gasteiger partial charge in [0.15, 0.2) is 0 Å². The van der Waals surface area contributed by atoms with Gasteiger partial charge in [-0.3, -0.25) is 9.59 Å².